The van der Waals surface area contributed by atoms with E-state index < -0.39 is 41.0 Å². The number of pyridine rings is 1. The molecule has 3 heterocycles. The number of alkyl halides is 3. The number of thiophene rings is 1. The van der Waals surface area contributed by atoms with E-state index in [0.717, 1.165) is 29.1 Å². The minimum atomic E-state index is -4.84. The molecule has 4 aromatic rings. The molecule has 3 N–H and O–H groups in total. The molecule has 1 aromatic carbocycles. The Hall–Kier alpha value is -4.40. The Morgan fingerprint density at radius 3 is 2.47 bits per heavy atom. The number of aromatic nitrogens is 3. The Labute approximate surface area is 202 Å². The lowest BCUT2D eigenvalue weighted by Gasteiger charge is -2.12. The van der Waals surface area contributed by atoms with Crippen molar-refractivity contribution in [2.75, 3.05) is 5.32 Å². The monoisotopic (exact) mass is 522 g/mol. The maximum absolute atomic E-state index is 13.5. The summed E-state index contributed by atoms with van der Waals surface area (Å²) in [6.07, 6.45) is -3.80. The molecule has 0 aliphatic carbocycles. The van der Waals surface area contributed by atoms with Crippen LogP contribution >= 0.6 is 11.3 Å². The number of fused-ring (bicyclic) bond motifs is 1. The average Bonchev–Trinajstić information content (AvgIpc) is 3.33. The summed E-state index contributed by atoms with van der Waals surface area (Å²) in [5.74, 6) is -2.45. The molecule has 0 aliphatic heterocycles. The molecule has 0 atom stereocenters. The second-order valence-corrected chi connectivity index (χ2v) is 8.51. The van der Waals surface area contributed by atoms with Crippen LogP contribution in [0.4, 0.5) is 28.9 Å². The van der Waals surface area contributed by atoms with E-state index in [1.807, 2.05) is 0 Å². The van der Waals surface area contributed by atoms with Gasteiger partial charge in [-0.1, -0.05) is 12.1 Å². The Morgan fingerprint density at radius 2 is 1.92 bits per heavy atom. The van der Waals surface area contributed by atoms with E-state index in [2.05, 4.69) is 15.4 Å². The fraction of sp³-hybridized carbons (Fsp3) is 0.143. The van der Waals surface area contributed by atoms with Crippen LogP contribution in [-0.2, 0) is 17.5 Å². The molecule has 4 rings (SSSR count). The van der Waals surface area contributed by atoms with Gasteiger partial charge >= 0.3 is 11.9 Å². The van der Waals surface area contributed by atoms with Gasteiger partial charge in [0.05, 0.1) is 10.6 Å². The summed E-state index contributed by atoms with van der Waals surface area (Å²) in [5, 5.41) is 17.3. The van der Waals surface area contributed by atoms with Gasteiger partial charge in [-0.25, -0.2) is 9.37 Å². The molecule has 15 heteroatoms. The lowest BCUT2D eigenvalue weighted by Crippen LogP contribution is -2.21. The number of anilines is 1. The first-order chi connectivity index (χ1) is 16.8. The fourth-order valence-electron chi connectivity index (χ4n) is 3.49. The van der Waals surface area contributed by atoms with Gasteiger partial charge in [-0.2, -0.15) is 18.3 Å². The van der Waals surface area contributed by atoms with E-state index in [-0.39, 0.29) is 43.3 Å². The fourth-order valence-corrected chi connectivity index (χ4v) is 4.49. The number of amides is 2. The summed E-state index contributed by atoms with van der Waals surface area (Å²) in [5.41, 5.74) is 3.81. The van der Waals surface area contributed by atoms with E-state index in [9.17, 15) is 37.3 Å². The first-order valence-corrected chi connectivity index (χ1v) is 10.8. The second-order valence-electron chi connectivity index (χ2n) is 7.51. The van der Waals surface area contributed by atoms with Gasteiger partial charge in [-0.3, -0.25) is 24.4 Å². The molecule has 0 saturated heterocycles. The van der Waals surface area contributed by atoms with Gasteiger partial charge in [0.2, 0.25) is 5.91 Å². The molecule has 0 radical (unpaired) electrons. The normalized spacial score (nSPS) is 11.6. The van der Waals surface area contributed by atoms with Gasteiger partial charge in [-0.05, 0) is 36.2 Å². The minimum absolute atomic E-state index is 0.00983. The van der Waals surface area contributed by atoms with E-state index in [1.165, 1.54) is 19.1 Å². The SMILES string of the molecule is Cc1nn(CC(=O)Nc2c(C(N)=O)sc3nc(C(F)(F)F)cc(-c4ccc(F)cc4)c23)cc1[N+](=O)[O-]. The van der Waals surface area contributed by atoms with Crippen LogP contribution in [0.1, 0.15) is 21.1 Å². The van der Waals surface area contributed by atoms with Gasteiger partial charge in [0, 0.05) is 5.39 Å². The molecule has 186 valence electrons. The average molecular weight is 522 g/mol. The predicted octanol–water partition coefficient (Wildman–Crippen LogP) is 4.27. The number of hydrogen-bond donors (Lipinski definition) is 2. The number of nitrogens with zero attached hydrogens (tertiary/aromatic N) is 4. The summed E-state index contributed by atoms with van der Waals surface area (Å²) in [7, 11) is 0. The smallest absolute Gasteiger partial charge is 0.365 e. The number of halogens is 4. The highest BCUT2D eigenvalue weighted by atomic mass is 32.1. The van der Waals surface area contributed by atoms with Crippen molar-refractivity contribution in [2.45, 2.75) is 19.6 Å². The van der Waals surface area contributed by atoms with Crippen molar-refractivity contribution in [3.8, 4) is 11.1 Å². The number of carbonyl (C=O) groups is 2. The van der Waals surface area contributed by atoms with Crippen molar-refractivity contribution < 1.29 is 32.1 Å². The number of benzene rings is 1. The Morgan fingerprint density at radius 1 is 1.25 bits per heavy atom. The van der Waals surface area contributed by atoms with Crippen LogP contribution in [0, 0.1) is 22.9 Å². The lowest BCUT2D eigenvalue weighted by molar-refractivity contribution is -0.385. The largest absolute Gasteiger partial charge is 0.433 e. The molecule has 2 amide bonds. The molecule has 0 spiro atoms. The summed E-state index contributed by atoms with van der Waals surface area (Å²) < 4.78 is 55.1. The van der Waals surface area contributed by atoms with E-state index in [4.69, 9.17) is 5.73 Å². The first kappa shape index (κ1) is 24.7. The second kappa shape index (κ2) is 8.99. The van der Waals surface area contributed by atoms with Gasteiger partial charge in [0.25, 0.3) is 5.91 Å². The lowest BCUT2D eigenvalue weighted by atomic mass is 10.0. The molecule has 0 fully saturated rings. The third kappa shape index (κ3) is 4.72. The molecule has 10 nitrogen and oxygen atoms in total. The van der Waals surface area contributed by atoms with Crippen molar-refractivity contribution in [1.82, 2.24) is 14.8 Å². The maximum Gasteiger partial charge on any atom is 0.433 e. The minimum Gasteiger partial charge on any atom is -0.365 e. The number of nitrogens with one attached hydrogen (secondary N) is 1. The quantitative estimate of drug-likeness (QED) is 0.220. The van der Waals surface area contributed by atoms with Crippen LogP contribution < -0.4 is 11.1 Å². The van der Waals surface area contributed by atoms with E-state index >= 15 is 0 Å². The van der Waals surface area contributed by atoms with Crippen LogP contribution in [0.15, 0.2) is 36.5 Å². The topological polar surface area (TPSA) is 146 Å². The van der Waals surface area contributed by atoms with Crippen LogP contribution in [0.2, 0.25) is 0 Å². The Balaban J connectivity index is 1.85. The van der Waals surface area contributed by atoms with Crippen molar-refractivity contribution in [1.29, 1.82) is 0 Å². The number of nitrogens with two attached hydrogens (primary N) is 1. The standard InChI is InChI=1S/C21H14F4N6O4S/c1-9-13(31(34)35)7-30(29-9)8-15(32)28-17-16-12(10-2-4-11(22)5-3-10)6-14(21(23,24)25)27-20(16)36-18(17)19(26)33/h2-7H,8H2,1H3,(H2,26,33)(H,28,32). The molecule has 0 saturated carbocycles. The van der Waals surface area contributed by atoms with Gasteiger partial charge in [0.1, 0.15) is 39.7 Å². The molecular weight excluding hydrogens is 508 g/mol. The molecule has 0 bridgehead atoms. The zero-order valence-corrected chi connectivity index (χ0v) is 18.9. The number of primary amides is 1. The Kier molecular flexibility index (Phi) is 6.17. The molecule has 0 aliphatic rings. The number of nitro groups is 1. The predicted molar refractivity (Wildman–Crippen MR) is 121 cm³/mol. The van der Waals surface area contributed by atoms with Crippen molar-refractivity contribution in [3.05, 3.63) is 68.7 Å². The van der Waals surface area contributed by atoms with Crippen LogP contribution in [-0.4, -0.2) is 31.5 Å². The molecule has 36 heavy (non-hydrogen) atoms. The van der Waals surface area contributed by atoms with Crippen LogP contribution in [0.3, 0.4) is 0 Å². The summed E-state index contributed by atoms with van der Waals surface area (Å²) >= 11 is 0.547. The molecule has 0 unspecified atom stereocenters. The summed E-state index contributed by atoms with van der Waals surface area (Å²) in [4.78, 5) is 38.3. The van der Waals surface area contributed by atoms with Crippen molar-refractivity contribution in [3.63, 3.8) is 0 Å². The first-order valence-electron chi connectivity index (χ1n) is 9.94. The maximum atomic E-state index is 13.5. The number of rotatable bonds is 6. The Bertz CT molecular complexity index is 1530. The summed E-state index contributed by atoms with van der Waals surface area (Å²) in [6.45, 7) is 0.868. The third-order valence-electron chi connectivity index (χ3n) is 5.02. The molecular formula is C21H14F4N6O4S. The van der Waals surface area contributed by atoms with Gasteiger partial charge < -0.3 is 11.1 Å². The summed E-state index contributed by atoms with van der Waals surface area (Å²) in [6, 6.07) is 5.29. The highest BCUT2D eigenvalue weighted by Crippen LogP contribution is 2.43. The highest BCUT2D eigenvalue weighted by Gasteiger charge is 2.35. The van der Waals surface area contributed by atoms with Gasteiger partial charge in [-0.15, -0.1) is 11.3 Å². The molecule has 3 aromatic heterocycles. The van der Waals surface area contributed by atoms with Crippen molar-refractivity contribution in [2.24, 2.45) is 5.73 Å². The zero-order chi connectivity index (χ0) is 26.4. The third-order valence-corrected chi connectivity index (χ3v) is 6.12. The number of aryl methyl sites for hydroxylation is 1. The van der Waals surface area contributed by atoms with E-state index in [0.29, 0.717) is 11.3 Å². The van der Waals surface area contributed by atoms with Crippen LogP contribution in [0.25, 0.3) is 21.3 Å². The van der Waals surface area contributed by atoms with E-state index in [1.54, 1.807) is 0 Å². The highest BCUT2D eigenvalue weighted by molar-refractivity contribution is 7.21. The zero-order valence-electron chi connectivity index (χ0n) is 18.1. The van der Waals surface area contributed by atoms with Crippen molar-refractivity contribution >= 4 is 44.7 Å². The number of carbonyl (C=O) groups excluding carboxylic acids is 2. The van der Waals surface area contributed by atoms with Crippen LogP contribution in [0.5, 0.6) is 0 Å². The van der Waals surface area contributed by atoms with Gasteiger partial charge in [0.15, 0.2) is 0 Å². The number of hydrogen-bond acceptors (Lipinski definition) is 7.